The van der Waals surface area contributed by atoms with Crippen LogP contribution in [0.15, 0.2) is 23.2 Å². The molecule has 1 aliphatic rings. The molecule has 2 rings (SSSR count). The van der Waals surface area contributed by atoms with Crippen molar-refractivity contribution < 1.29 is 9.47 Å². The summed E-state index contributed by atoms with van der Waals surface area (Å²) >= 11 is 0. The summed E-state index contributed by atoms with van der Waals surface area (Å²) in [5.41, 5.74) is 7.63. The molecule has 0 saturated carbocycles. The molecule has 1 aromatic carbocycles. The molecule has 0 amide bonds. The summed E-state index contributed by atoms with van der Waals surface area (Å²) < 4.78 is 10.6. The van der Waals surface area contributed by atoms with Crippen LogP contribution < -0.4 is 10.5 Å². The van der Waals surface area contributed by atoms with Crippen LogP contribution in [0.3, 0.4) is 0 Å². The van der Waals surface area contributed by atoms with Gasteiger partial charge in [-0.3, -0.25) is 0 Å². The third kappa shape index (κ3) is 1.88. The van der Waals surface area contributed by atoms with E-state index in [4.69, 9.17) is 15.2 Å². The van der Waals surface area contributed by atoms with Crippen LogP contribution in [-0.4, -0.2) is 19.7 Å². The number of amidine groups is 1. The maximum absolute atomic E-state index is 5.46. The van der Waals surface area contributed by atoms with E-state index in [1.54, 1.807) is 7.11 Å². The number of methoxy groups -OCH3 is 1. The average Bonchev–Trinajstić information content (AvgIpc) is 2.65. The van der Waals surface area contributed by atoms with E-state index in [2.05, 4.69) is 4.99 Å². The number of hydrogen-bond donors (Lipinski definition) is 1. The molecule has 0 aromatic heterocycles. The van der Waals surface area contributed by atoms with E-state index in [1.165, 1.54) is 0 Å². The molecular formula is C11H14N2O2. The van der Waals surface area contributed by atoms with Crippen molar-refractivity contribution in [3.63, 3.8) is 0 Å². The molecule has 0 bridgehead atoms. The van der Waals surface area contributed by atoms with Gasteiger partial charge in [-0.15, -0.1) is 0 Å². The van der Waals surface area contributed by atoms with Crippen molar-refractivity contribution >= 4 is 6.02 Å². The third-order valence-corrected chi connectivity index (χ3v) is 2.47. The molecule has 4 heteroatoms. The van der Waals surface area contributed by atoms with Crippen LogP contribution in [0.1, 0.15) is 17.2 Å². The second-order valence-electron chi connectivity index (χ2n) is 3.51. The van der Waals surface area contributed by atoms with Gasteiger partial charge in [-0.05, 0) is 30.2 Å². The zero-order chi connectivity index (χ0) is 10.8. The molecule has 0 radical (unpaired) electrons. The second-order valence-corrected chi connectivity index (χ2v) is 3.51. The molecule has 1 unspecified atom stereocenters. The largest absolute Gasteiger partial charge is 0.496 e. The smallest absolute Gasteiger partial charge is 0.282 e. The lowest BCUT2D eigenvalue weighted by Gasteiger charge is -2.12. The first-order valence-electron chi connectivity index (χ1n) is 4.82. The van der Waals surface area contributed by atoms with Gasteiger partial charge < -0.3 is 15.2 Å². The summed E-state index contributed by atoms with van der Waals surface area (Å²) in [7, 11) is 1.66. The summed E-state index contributed by atoms with van der Waals surface area (Å²) in [6.45, 7) is 2.60. The molecule has 15 heavy (non-hydrogen) atoms. The number of benzene rings is 1. The standard InChI is InChI=1S/C11H14N2O2/c1-7-5-8(3-4-9(7)14-2)10-6-13-11(12)15-10/h3-5,10H,6H2,1-2H3,(H2,12,13). The third-order valence-electron chi connectivity index (χ3n) is 2.47. The van der Waals surface area contributed by atoms with Crippen molar-refractivity contribution in [3.8, 4) is 5.75 Å². The molecule has 4 nitrogen and oxygen atoms in total. The van der Waals surface area contributed by atoms with Gasteiger partial charge in [-0.2, -0.15) is 0 Å². The number of nitrogens with two attached hydrogens (primary N) is 1. The number of aryl methyl sites for hydroxylation is 1. The van der Waals surface area contributed by atoms with Gasteiger partial charge in [0.05, 0.1) is 13.7 Å². The lowest BCUT2D eigenvalue weighted by molar-refractivity contribution is 0.226. The number of nitrogens with zero attached hydrogens (tertiary/aromatic N) is 1. The molecule has 1 atom stereocenters. The molecule has 0 aliphatic carbocycles. The van der Waals surface area contributed by atoms with E-state index in [0.717, 1.165) is 16.9 Å². The van der Waals surface area contributed by atoms with E-state index in [0.29, 0.717) is 6.54 Å². The van der Waals surface area contributed by atoms with Gasteiger partial charge in [0.15, 0.2) is 0 Å². The van der Waals surface area contributed by atoms with Crippen LogP contribution in [-0.2, 0) is 4.74 Å². The number of ether oxygens (including phenoxy) is 2. The first-order valence-corrected chi connectivity index (χ1v) is 4.82. The zero-order valence-electron chi connectivity index (χ0n) is 8.86. The highest BCUT2D eigenvalue weighted by Gasteiger charge is 2.20. The van der Waals surface area contributed by atoms with Gasteiger partial charge in [0, 0.05) is 0 Å². The van der Waals surface area contributed by atoms with Crippen LogP contribution in [0.25, 0.3) is 0 Å². The minimum atomic E-state index is -0.0467. The van der Waals surface area contributed by atoms with Crippen molar-refractivity contribution in [2.45, 2.75) is 13.0 Å². The maximum atomic E-state index is 5.46. The Kier molecular flexibility index (Phi) is 2.49. The monoisotopic (exact) mass is 206 g/mol. The van der Waals surface area contributed by atoms with Gasteiger partial charge in [-0.25, -0.2) is 4.99 Å². The maximum Gasteiger partial charge on any atom is 0.282 e. The Hall–Kier alpha value is -1.71. The topological polar surface area (TPSA) is 56.8 Å². The van der Waals surface area contributed by atoms with Crippen molar-refractivity contribution in [2.75, 3.05) is 13.7 Å². The SMILES string of the molecule is COc1ccc(C2CN=C(N)O2)cc1C. The fourth-order valence-corrected chi connectivity index (χ4v) is 1.67. The quantitative estimate of drug-likeness (QED) is 0.795. The highest BCUT2D eigenvalue weighted by molar-refractivity contribution is 5.73. The molecule has 0 fully saturated rings. The lowest BCUT2D eigenvalue weighted by atomic mass is 10.1. The Balaban J connectivity index is 2.20. The van der Waals surface area contributed by atoms with Crippen molar-refractivity contribution in [3.05, 3.63) is 29.3 Å². The Morgan fingerprint density at radius 1 is 1.53 bits per heavy atom. The van der Waals surface area contributed by atoms with Gasteiger partial charge in [0.2, 0.25) is 0 Å². The molecule has 1 heterocycles. The van der Waals surface area contributed by atoms with Crippen molar-refractivity contribution in [1.29, 1.82) is 0 Å². The lowest BCUT2D eigenvalue weighted by Crippen LogP contribution is -2.13. The predicted octanol–water partition coefficient (Wildman–Crippen LogP) is 1.39. The van der Waals surface area contributed by atoms with Crippen LogP contribution >= 0.6 is 0 Å². The van der Waals surface area contributed by atoms with E-state index in [-0.39, 0.29) is 12.1 Å². The Morgan fingerprint density at radius 2 is 2.33 bits per heavy atom. The molecule has 80 valence electrons. The van der Waals surface area contributed by atoms with Crippen molar-refractivity contribution in [2.24, 2.45) is 10.7 Å². The Morgan fingerprint density at radius 3 is 2.87 bits per heavy atom. The summed E-state index contributed by atoms with van der Waals surface area (Å²) in [5, 5.41) is 0. The van der Waals surface area contributed by atoms with Crippen LogP contribution in [0.5, 0.6) is 5.75 Å². The first kappa shape index (κ1) is 9.83. The summed E-state index contributed by atoms with van der Waals surface area (Å²) in [4.78, 5) is 4.01. The fourth-order valence-electron chi connectivity index (χ4n) is 1.67. The van der Waals surface area contributed by atoms with Crippen LogP contribution in [0.4, 0.5) is 0 Å². The average molecular weight is 206 g/mol. The highest BCUT2D eigenvalue weighted by atomic mass is 16.5. The van der Waals surface area contributed by atoms with E-state index < -0.39 is 0 Å². The number of hydrogen-bond acceptors (Lipinski definition) is 4. The van der Waals surface area contributed by atoms with Crippen LogP contribution in [0.2, 0.25) is 0 Å². The van der Waals surface area contributed by atoms with Crippen LogP contribution in [0, 0.1) is 6.92 Å². The molecule has 0 spiro atoms. The highest BCUT2D eigenvalue weighted by Crippen LogP contribution is 2.26. The minimum absolute atomic E-state index is 0.0467. The molecule has 1 aromatic rings. The molecule has 2 N–H and O–H groups in total. The zero-order valence-corrected chi connectivity index (χ0v) is 8.86. The Labute approximate surface area is 88.7 Å². The normalized spacial score (nSPS) is 19.6. The summed E-state index contributed by atoms with van der Waals surface area (Å²) in [6.07, 6.45) is -0.0467. The Bertz CT molecular complexity index is 402. The minimum Gasteiger partial charge on any atom is -0.496 e. The predicted molar refractivity (Wildman–Crippen MR) is 58.0 cm³/mol. The summed E-state index contributed by atoms with van der Waals surface area (Å²) in [6, 6.07) is 6.22. The number of aliphatic imine (C=N–C) groups is 1. The fraction of sp³-hybridized carbons (Fsp3) is 0.364. The van der Waals surface area contributed by atoms with Gasteiger partial charge in [0.1, 0.15) is 11.9 Å². The number of rotatable bonds is 2. The van der Waals surface area contributed by atoms with E-state index >= 15 is 0 Å². The second kappa shape index (κ2) is 3.81. The van der Waals surface area contributed by atoms with E-state index in [1.807, 2.05) is 25.1 Å². The van der Waals surface area contributed by atoms with Crippen molar-refractivity contribution in [1.82, 2.24) is 0 Å². The van der Waals surface area contributed by atoms with Gasteiger partial charge in [0.25, 0.3) is 6.02 Å². The van der Waals surface area contributed by atoms with Gasteiger partial charge >= 0.3 is 0 Å². The molecular weight excluding hydrogens is 192 g/mol. The molecule has 1 aliphatic heterocycles. The van der Waals surface area contributed by atoms with Gasteiger partial charge in [-0.1, -0.05) is 6.07 Å². The first-order chi connectivity index (χ1) is 7.20. The summed E-state index contributed by atoms with van der Waals surface area (Å²) in [5.74, 6) is 0.880. The molecule has 0 saturated heterocycles. The van der Waals surface area contributed by atoms with E-state index in [9.17, 15) is 0 Å².